The Hall–Kier alpha value is -2.41. The third-order valence-electron chi connectivity index (χ3n) is 5.40. The van der Waals surface area contributed by atoms with Crippen LogP contribution in [0.5, 0.6) is 11.5 Å². The monoisotopic (exact) mass is 361 g/mol. The molecule has 1 saturated carbocycles. The van der Waals surface area contributed by atoms with Crippen molar-refractivity contribution in [2.45, 2.75) is 31.3 Å². The zero-order chi connectivity index (χ0) is 18.5. The van der Waals surface area contributed by atoms with Crippen molar-refractivity contribution in [1.29, 1.82) is 0 Å². The fraction of sp³-hybridized carbons (Fsp3) is 0.421. The highest BCUT2D eigenvalue weighted by Gasteiger charge is 2.50. The average Bonchev–Trinajstić information content (AvgIpc) is 3.42. The maximum absolute atomic E-state index is 14.9. The van der Waals surface area contributed by atoms with Gasteiger partial charge in [-0.1, -0.05) is 0 Å². The molecule has 2 N–H and O–H groups in total. The number of ether oxygens (including phenoxy) is 2. The number of anilines is 1. The highest BCUT2D eigenvalue weighted by Crippen LogP contribution is 2.54. The first-order valence-corrected chi connectivity index (χ1v) is 8.56. The predicted octanol–water partition coefficient (Wildman–Crippen LogP) is 2.89. The molecular formula is C19H21F2N3O2. The van der Waals surface area contributed by atoms with Crippen LogP contribution in [0.1, 0.15) is 29.7 Å². The van der Waals surface area contributed by atoms with Crippen molar-refractivity contribution < 1.29 is 18.3 Å². The van der Waals surface area contributed by atoms with E-state index in [0.29, 0.717) is 19.6 Å². The van der Waals surface area contributed by atoms with Gasteiger partial charge in [0.1, 0.15) is 5.69 Å². The molecule has 1 aliphatic heterocycles. The van der Waals surface area contributed by atoms with E-state index < -0.39 is 11.6 Å². The number of fused-ring (bicyclic) bond motifs is 2. The van der Waals surface area contributed by atoms with E-state index in [-0.39, 0.29) is 22.6 Å². The molecular weight excluding hydrogens is 340 g/mol. The summed E-state index contributed by atoms with van der Waals surface area (Å²) in [5.41, 5.74) is 8.54. The summed E-state index contributed by atoms with van der Waals surface area (Å²) in [4.78, 5) is 6.09. The van der Waals surface area contributed by atoms with Crippen molar-refractivity contribution in [3.63, 3.8) is 0 Å². The van der Waals surface area contributed by atoms with Gasteiger partial charge >= 0.3 is 0 Å². The third-order valence-corrected chi connectivity index (χ3v) is 5.40. The molecule has 138 valence electrons. The molecule has 1 fully saturated rings. The topological polar surface area (TPSA) is 60.6 Å². The van der Waals surface area contributed by atoms with Crippen molar-refractivity contribution in [2.24, 2.45) is 5.73 Å². The summed E-state index contributed by atoms with van der Waals surface area (Å²) in [5.74, 6) is -1.50. The summed E-state index contributed by atoms with van der Waals surface area (Å²) in [6.07, 6.45) is 3.74. The Balaban J connectivity index is 1.81. The average molecular weight is 361 g/mol. The lowest BCUT2D eigenvalue weighted by Gasteiger charge is -2.37. The summed E-state index contributed by atoms with van der Waals surface area (Å²) in [5, 5.41) is 0. The fourth-order valence-electron chi connectivity index (χ4n) is 3.86. The zero-order valence-electron chi connectivity index (χ0n) is 14.8. The number of hydrogen-bond acceptors (Lipinski definition) is 5. The van der Waals surface area contributed by atoms with E-state index >= 15 is 0 Å². The Labute approximate surface area is 150 Å². The molecule has 2 aliphatic rings. The van der Waals surface area contributed by atoms with Gasteiger partial charge in [-0.25, -0.2) is 8.78 Å². The van der Waals surface area contributed by atoms with Gasteiger partial charge in [-0.15, -0.1) is 0 Å². The van der Waals surface area contributed by atoms with Crippen LogP contribution in [0.25, 0.3) is 0 Å². The van der Waals surface area contributed by atoms with Crippen LogP contribution in [0.4, 0.5) is 14.5 Å². The second-order valence-electron chi connectivity index (χ2n) is 6.93. The first-order chi connectivity index (χ1) is 12.5. The van der Waals surface area contributed by atoms with Gasteiger partial charge in [0.05, 0.1) is 19.9 Å². The number of nitrogens with zero attached hydrogens (tertiary/aromatic N) is 2. The minimum atomic E-state index is -0.711. The van der Waals surface area contributed by atoms with Gasteiger partial charge < -0.3 is 20.1 Å². The van der Waals surface area contributed by atoms with E-state index in [1.807, 2.05) is 6.07 Å². The van der Waals surface area contributed by atoms with E-state index in [1.54, 1.807) is 11.1 Å². The Kier molecular flexibility index (Phi) is 3.99. The lowest BCUT2D eigenvalue weighted by atomic mass is 9.87. The lowest BCUT2D eigenvalue weighted by molar-refractivity contribution is 0.357. The molecule has 2 heterocycles. The number of rotatable bonds is 4. The molecule has 2 aromatic rings. The Morgan fingerprint density at radius 2 is 1.81 bits per heavy atom. The molecule has 0 radical (unpaired) electrons. The van der Waals surface area contributed by atoms with Crippen molar-refractivity contribution in [2.75, 3.05) is 25.7 Å². The molecule has 1 aromatic carbocycles. The van der Waals surface area contributed by atoms with Gasteiger partial charge in [-0.2, -0.15) is 0 Å². The number of aromatic nitrogens is 1. The normalized spacial score (nSPS) is 17.2. The maximum Gasteiger partial charge on any atom is 0.191 e. The van der Waals surface area contributed by atoms with Gasteiger partial charge in [0.25, 0.3) is 0 Å². The summed E-state index contributed by atoms with van der Waals surface area (Å²) in [7, 11) is 2.71. The quantitative estimate of drug-likeness (QED) is 0.907. The molecule has 1 aromatic heterocycles. The first kappa shape index (κ1) is 17.0. The van der Waals surface area contributed by atoms with Gasteiger partial charge in [0.2, 0.25) is 0 Å². The summed E-state index contributed by atoms with van der Waals surface area (Å²) < 4.78 is 39.9. The first-order valence-electron chi connectivity index (χ1n) is 8.56. The smallest absolute Gasteiger partial charge is 0.191 e. The van der Waals surface area contributed by atoms with Crippen LogP contribution < -0.4 is 20.1 Å². The van der Waals surface area contributed by atoms with E-state index in [4.69, 9.17) is 15.2 Å². The Bertz CT molecular complexity index is 840. The predicted molar refractivity (Wildman–Crippen MR) is 93.6 cm³/mol. The van der Waals surface area contributed by atoms with E-state index in [0.717, 1.165) is 24.1 Å². The number of pyridine rings is 1. The van der Waals surface area contributed by atoms with Crippen LogP contribution in [-0.2, 0) is 18.5 Å². The van der Waals surface area contributed by atoms with Crippen LogP contribution in [0.2, 0.25) is 0 Å². The van der Waals surface area contributed by atoms with E-state index in [9.17, 15) is 8.78 Å². The molecule has 1 spiro atoms. The standard InChI is InChI=1S/C19H21F2N3O2/c1-25-14-6-15(26-2)17(21)18(16(14)20)24-9-11-8-23-12(7-22)5-13(11)19(10-24)3-4-19/h5-6,8H,3-4,7,9-10,22H2,1-2H3. The summed E-state index contributed by atoms with van der Waals surface area (Å²) >= 11 is 0. The fourth-order valence-corrected chi connectivity index (χ4v) is 3.86. The molecule has 4 rings (SSSR count). The molecule has 0 atom stereocenters. The number of methoxy groups -OCH3 is 2. The SMILES string of the molecule is COc1cc(OC)c(F)c(N2Cc3cnc(CN)cc3C3(CC3)C2)c1F. The molecule has 5 nitrogen and oxygen atoms in total. The van der Waals surface area contributed by atoms with Gasteiger partial charge in [-0.05, 0) is 30.0 Å². The maximum atomic E-state index is 14.9. The highest BCUT2D eigenvalue weighted by molar-refractivity contribution is 5.61. The lowest BCUT2D eigenvalue weighted by Crippen LogP contribution is -2.39. The van der Waals surface area contributed by atoms with Crippen LogP contribution in [0.15, 0.2) is 18.3 Å². The molecule has 26 heavy (non-hydrogen) atoms. The Morgan fingerprint density at radius 1 is 1.15 bits per heavy atom. The van der Waals surface area contributed by atoms with Gasteiger partial charge in [0.15, 0.2) is 23.1 Å². The molecule has 0 unspecified atom stereocenters. The van der Waals surface area contributed by atoms with Crippen LogP contribution in [0, 0.1) is 11.6 Å². The van der Waals surface area contributed by atoms with Gasteiger partial charge in [-0.3, -0.25) is 4.98 Å². The van der Waals surface area contributed by atoms with E-state index in [1.165, 1.54) is 25.8 Å². The van der Waals surface area contributed by atoms with Crippen LogP contribution >= 0.6 is 0 Å². The third kappa shape index (κ3) is 2.49. The van der Waals surface area contributed by atoms with Crippen LogP contribution in [-0.4, -0.2) is 25.7 Å². The number of benzene rings is 1. The minimum Gasteiger partial charge on any atom is -0.493 e. The second-order valence-corrected chi connectivity index (χ2v) is 6.93. The summed E-state index contributed by atoms with van der Waals surface area (Å²) in [6, 6.07) is 3.27. The van der Waals surface area contributed by atoms with E-state index in [2.05, 4.69) is 4.98 Å². The van der Waals surface area contributed by atoms with Crippen molar-refractivity contribution in [3.8, 4) is 11.5 Å². The number of nitrogens with two attached hydrogens (primary N) is 1. The van der Waals surface area contributed by atoms with Crippen LogP contribution in [0.3, 0.4) is 0 Å². The number of hydrogen-bond donors (Lipinski definition) is 1. The molecule has 7 heteroatoms. The molecule has 0 saturated heterocycles. The molecule has 0 amide bonds. The van der Waals surface area contributed by atoms with Gasteiger partial charge in [0, 0.05) is 37.3 Å². The number of halogens is 2. The zero-order valence-corrected chi connectivity index (χ0v) is 14.8. The van der Waals surface area contributed by atoms with Crippen molar-refractivity contribution in [1.82, 2.24) is 4.98 Å². The minimum absolute atomic E-state index is 0.0366. The molecule has 0 bridgehead atoms. The highest BCUT2D eigenvalue weighted by atomic mass is 19.1. The summed E-state index contributed by atoms with van der Waals surface area (Å²) in [6.45, 7) is 1.29. The van der Waals surface area contributed by atoms with Crippen molar-refractivity contribution >= 4 is 5.69 Å². The van der Waals surface area contributed by atoms with Crippen molar-refractivity contribution in [3.05, 3.63) is 46.8 Å². The molecule has 1 aliphatic carbocycles. The second kappa shape index (κ2) is 6.09. The largest absolute Gasteiger partial charge is 0.493 e. The Morgan fingerprint density at radius 3 is 2.35 bits per heavy atom.